The Labute approximate surface area is 191 Å². The van der Waals surface area contributed by atoms with Gasteiger partial charge in [0.25, 0.3) is 0 Å². The Morgan fingerprint density at radius 1 is 1.09 bits per heavy atom. The van der Waals surface area contributed by atoms with Crippen LogP contribution in [-0.2, 0) is 17.8 Å². The summed E-state index contributed by atoms with van der Waals surface area (Å²) in [5.74, 6) is 0.0792. The van der Waals surface area contributed by atoms with Crippen molar-refractivity contribution in [2.45, 2.75) is 46.6 Å². The highest BCUT2D eigenvalue weighted by Gasteiger charge is 2.20. The van der Waals surface area contributed by atoms with Crippen molar-refractivity contribution < 1.29 is 4.79 Å². The molecule has 32 heavy (non-hydrogen) atoms. The van der Waals surface area contributed by atoms with Crippen molar-refractivity contribution in [3.05, 3.63) is 83.6 Å². The summed E-state index contributed by atoms with van der Waals surface area (Å²) in [6.07, 6.45) is 5.22. The van der Waals surface area contributed by atoms with Crippen LogP contribution < -0.4 is 5.73 Å². The van der Waals surface area contributed by atoms with Crippen LogP contribution in [0.5, 0.6) is 0 Å². The maximum Gasteiger partial charge on any atom is 0.237 e. The summed E-state index contributed by atoms with van der Waals surface area (Å²) >= 11 is 0. The zero-order valence-corrected chi connectivity index (χ0v) is 19.1. The highest BCUT2D eigenvalue weighted by atomic mass is 16.1. The molecule has 0 bridgehead atoms. The highest BCUT2D eigenvalue weighted by molar-refractivity contribution is 5.79. The molecule has 1 aromatic heterocycles. The van der Waals surface area contributed by atoms with E-state index in [9.17, 15) is 10.1 Å². The topological polar surface area (TPSA) is 71.8 Å². The summed E-state index contributed by atoms with van der Waals surface area (Å²) in [6.45, 7) is 6.64. The van der Waals surface area contributed by atoms with E-state index in [-0.39, 0.29) is 12.5 Å². The molecule has 3 aromatic rings. The van der Waals surface area contributed by atoms with E-state index in [0.29, 0.717) is 11.5 Å². The van der Waals surface area contributed by atoms with Gasteiger partial charge < -0.3 is 10.3 Å². The Kier molecular flexibility index (Phi) is 7.68. The predicted octanol–water partition coefficient (Wildman–Crippen LogP) is 6.10. The smallest absolute Gasteiger partial charge is 0.237 e. The van der Waals surface area contributed by atoms with Gasteiger partial charge in [0.05, 0.1) is 11.6 Å². The lowest BCUT2D eigenvalue weighted by molar-refractivity contribution is -0.118. The molecule has 0 radical (unpaired) electrons. The van der Waals surface area contributed by atoms with Gasteiger partial charge in [-0.15, -0.1) is 0 Å². The number of carbonyl (C=O) groups is 1. The van der Waals surface area contributed by atoms with Gasteiger partial charge in [0, 0.05) is 17.0 Å². The lowest BCUT2D eigenvalue weighted by Crippen LogP contribution is -2.21. The molecule has 0 spiro atoms. The van der Waals surface area contributed by atoms with Crippen molar-refractivity contribution in [1.29, 1.82) is 5.26 Å². The zero-order valence-electron chi connectivity index (χ0n) is 19.1. The number of aromatic nitrogens is 1. The Bertz CT molecular complexity index is 1130. The second-order valence-electron chi connectivity index (χ2n) is 8.67. The molecule has 0 aliphatic heterocycles. The van der Waals surface area contributed by atoms with Crippen LogP contribution in [0.3, 0.4) is 0 Å². The molecule has 4 heteroatoms. The first kappa shape index (κ1) is 23.1. The number of amides is 1. The van der Waals surface area contributed by atoms with E-state index in [1.807, 2.05) is 42.5 Å². The summed E-state index contributed by atoms with van der Waals surface area (Å²) < 4.78 is 2.07. The fourth-order valence-electron chi connectivity index (χ4n) is 4.06. The van der Waals surface area contributed by atoms with E-state index < -0.39 is 0 Å². The molecule has 2 aromatic carbocycles. The second-order valence-corrected chi connectivity index (χ2v) is 8.67. The Morgan fingerprint density at radius 3 is 2.38 bits per heavy atom. The molecule has 0 saturated heterocycles. The number of rotatable bonds is 9. The number of nitrogens with zero attached hydrogens (tertiary/aromatic N) is 2. The van der Waals surface area contributed by atoms with Crippen LogP contribution in [0, 0.1) is 17.2 Å². The van der Waals surface area contributed by atoms with Gasteiger partial charge in [0.2, 0.25) is 5.91 Å². The van der Waals surface area contributed by atoms with Gasteiger partial charge in [-0.1, -0.05) is 61.0 Å². The number of hydrogen-bond acceptors (Lipinski definition) is 2. The molecule has 0 fully saturated rings. The number of allylic oxidation sites excluding steroid dienone is 2. The van der Waals surface area contributed by atoms with Crippen LogP contribution in [0.15, 0.2) is 72.3 Å². The van der Waals surface area contributed by atoms with E-state index >= 15 is 0 Å². The molecular weight excluding hydrogens is 394 g/mol. The van der Waals surface area contributed by atoms with E-state index in [1.165, 1.54) is 5.57 Å². The molecule has 1 heterocycles. The van der Waals surface area contributed by atoms with Crippen molar-refractivity contribution in [3.8, 4) is 28.5 Å². The van der Waals surface area contributed by atoms with Crippen molar-refractivity contribution in [1.82, 2.24) is 4.57 Å². The van der Waals surface area contributed by atoms with Crippen molar-refractivity contribution in [2.24, 2.45) is 11.7 Å². The molecule has 1 amide bonds. The fourth-order valence-corrected chi connectivity index (χ4v) is 4.06. The molecule has 1 unspecified atom stereocenters. The molecular formula is C28H31N3O. The summed E-state index contributed by atoms with van der Waals surface area (Å²) in [5.41, 5.74) is 12.9. The van der Waals surface area contributed by atoms with Crippen molar-refractivity contribution in [2.75, 3.05) is 0 Å². The first-order valence-electron chi connectivity index (χ1n) is 11.1. The van der Waals surface area contributed by atoms with Crippen LogP contribution in [0.25, 0.3) is 22.4 Å². The van der Waals surface area contributed by atoms with Gasteiger partial charge in [0.15, 0.2) is 0 Å². The van der Waals surface area contributed by atoms with Crippen LogP contribution in [0.1, 0.15) is 44.9 Å². The molecule has 4 nitrogen and oxygen atoms in total. The predicted molar refractivity (Wildman–Crippen MR) is 131 cm³/mol. The van der Waals surface area contributed by atoms with E-state index in [2.05, 4.69) is 55.7 Å². The first-order valence-corrected chi connectivity index (χ1v) is 11.1. The number of primary amides is 1. The minimum absolute atomic E-state index is 0.135. The fraction of sp³-hybridized carbons (Fsp3) is 0.286. The summed E-state index contributed by atoms with van der Waals surface area (Å²) in [6, 6.07) is 22.1. The molecule has 0 saturated carbocycles. The summed E-state index contributed by atoms with van der Waals surface area (Å²) in [7, 11) is 0. The van der Waals surface area contributed by atoms with Gasteiger partial charge in [-0.25, -0.2) is 0 Å². The quantitative estimate of drug-likeness (QED) is 0.420. The number of carbonyl (C=O) groups excluding carboxylic acids is 1. The zero-order chi connectivity index (χ0) is 23.1. The van der Waals surface area contributed by atoms with Crippen molar-refractivity contribution >= 4 is 5.91 Å². The maximum absolute atomic E-state index is 12.0. The van der Waals surface area contributed by atoms with Gasteiger partial charge in [-0.3, -0.25) is 4.79 Å². The van der Waals surface area contributed by atoms with Crippen LogP contribution >= 0.6 is 0 Å². The molecule has 2 N–H and O–H groups in total. The molecule has 0 aliphatic carbocycles. The van der Waals surface area contributed by atoms with Crippen LogP contribution in [-0.4, -0.2) is 10.5 Å². The standard InChI is InChI=1S/C28H31N3O/c1-20(2)8-7-9-21(3)16-27-25(23-14-12-22(18-29)13-15-23)17-26(31(27)19-28(30)32)24-10-5-4-6-11-24/h4-6,8,10-15,17,21H,7,9,16,19H2,1-3H3,(H2,30,32). The third kappa shape index (κ3) is 5.76. The third-order valence-corrected chi connectivity index (χ3v) is 5.67. The Balaban J connectivity index is 2.10. The Hall–Kier alpha value is -3.58. The minimum Gasteiger partial charge on any atom is -0.368 e. The number of nitriles is 1. The summed E-state index contributed by atoms with van der Waals surface area (Å²) in [5, 5.41) is 9.18. The number of benzene rings is 2. The number of hydrogen-bond donors (Lipinski definition) is 1. The number of nitrogens with two attached hydrogens (primary N) is 1. The Morgan fingerprint density at radius 2 is 1.78 bits per heavy atom. The third-order valence-electron chi connectivity index (χ3n) is 5.67. The van der Waals surface area contributed by atoms with Crippen LogP contribution in [0.2, 0.25) is 0 Å². The average Bonchev–Trinajstić information content (AvgIpc) is 3.11. The SMILES string of the molecule is CC(C)=CCCC(C)Cc1c(-c2ccc(C#N)cc2)cc(-c2ccccc2)n1CC(N)=O. The van der Waals surface area contributed by atoms with E-state index in [0.717, 1.165) is 47.3 Å². The molecule has 1 atom stereocenters. The molecule has 164 valence electrons. The van der Waals surface area contributed by atoms with Crippen molar-refractivity contribution in [3.63, 3.8) is 0 Å². The van der Waals surface area contributed by atoms with Gasteiger partial charge >= 0.3 is 0 Å². The van der Waals surface area contributed by atoms with Gasteiger partial charge in [-0.2, -0.15) is 5.26 Å². The molecule has 0 aliphatic rings. The van der Waals surface area contributed by atoms with Crippen LogP contribution in [0.4, 0.5) is 0 Å². The van der Waals surface area contributed by atoms with E-state index in [1.54, 1.807) is 0 Å². The first-order chi connectivity index (χ1) is 15.4. The monoisotopic (exact) mass is 425 g/mol. The maximum atomic E-state index is 12.0. The normalized spacial score (nSPS) is 11.6. The van der Waals surface area contributed by atoms with Gasteiger partial charge in [-0.05, 0) is 68.4 Å². The second kappa shape index (κ2) is 10.6. The highest BCUT2D eigenvalue weighted by Crippen LogP contribution is 2.35. The summed E-state index contributed by atoms with van der Waals surface area (Å²) in [4.78, 5) is 12.0. The average molecular weight is 426 g/mol. The van der Waals surface area contributed by atoms with Gasteiger partial charge in [0.1, 0.15) is 6.54 Å². The molecule has 3 rings (SSSR count). The lowest BCUT2D eigenvalue weighted by Gasteiger charge is -2.17. The minimum atomic E-state index is -0.359. The van der Waals surface area contributed by atoms with E-state index in [4.69, 9.17) is 5.73 Å². The lowest BCUT2D eigenvalue weighted by atomic mass is 9.95. The largest absolute Gasteiger partial charge is 0.368 e.